The van der Waals surface area contributed by atoms with Crippen molar-refractivity contribution >= 4 is 75.1 Å². The van der Waals surface area contributed by atoms with Gasteiger partial charge in [0.15, 0.2) is 16.7 Å². The number of aliphatic imine (C=N–C) groups is 1. The van der Waals surface area contributed by atoms with Crippen LogP contribution in [0.25, 0.3) is 6.08 Å². The minimum Gasteiger partial charge on any atom is -0.490 e. The molecule has 1 aliphatic heterocycles. The third kappa shape index (κ3) is 7.73. The number of thioether (sulfide) groups is 1. The molecule has 0 radical (unpaired) electrons. The molecule has 1 amide bonds. The average molecular weight is 604 g/mol. The van der Waals surface area contributed by atoms with Crippen molar-refractivity contribution in [1.82, 2.24) is 0 Å². The molecule has 4 rings (SSSR count). The fraction of sp³-hybridized carbons (Fsp3) is 0.267. The normalized spacial score (nSPS) is 15.4. The topological polar surface area (TPSA) is 51.1 Å². The summed E-state index contributed by atoms with van der Waals surface area (Å²) < 4.78 is 11.8. The lowest BCUT2D eigenvalue weighted by Gasteiger charge is -2.16. The molecule has 0 N–H and O–H groups in total. The molecule has 1 fully saturated rings. The Balaban J connectivity index is 1.66. The lowest BCUT2D eigenvalue weighted by Crippen LogP contribution is -2.28. The summed E-state index contributed by atoms with van der Waals surface area (Å²) >= 11 is 20.1. The van der Waals surface area contributed by atoms with Crippen LogP contribution in [0.5, 0.6) is 11.5 Å². The van der Waals surface area contributed by atoms with Crippen LogP contribution >= 0.6 is 46.6 Å². The monoisotopic (exact) mass is 602 g/mol. The van der Waals surface area contributed by atoms with E-state index in [-0.39, 0.29) is 5.91 Å². The van der Waals surface area contributed by atoms with Gasteiger partial charge < -0.3 is 9.47 Å². The van der Waals surface area contributed by atoms with Gasteiger partial charge in [-0.05, 0) is 97.4 Å². The predicted octanol–water partition coefficient (Wildman–Crippen LogP) is 9.81. The van der Waals surface area contributed by atoms with Gasteiger partial charge in [-0.1, -0.05) is 61.0 Å². The van der Waals surface area contributed by atoms with Crippen LogP contribution in [-0.2, 0) is 4.79 Å². The third-order valence-electron chi connectivity index (χ3n) is 5.82. The third-order valence-corrected chi connectivity index (χ3v) is 7.57. The molecule has 3 aromatic carbocycles. The van der Waals surface area contributed by atoms with Crippen molar-refractivity contribution in [3.8, 4) is 11.5 Å². The summed E-state index contributed by atoms with van der Waals surface area (Å²) in [4.78, 5) is 20.4. The van der Waals surface area contributed by atoms with Crippen LogP contribution < -0.4 is 14.4 Å². The van der Waals surface area contributed by atoms with Crippen LogP contribution in [0, 0.1) is 0 Å². The smallest absolute Gasteiger partial charge is 0.271 e. The molecule has 0 atom stereocenters. The van der Waals surface area contributed by atoms with E-state index in [0.29, 0.717) is 61.2 Å². The Morgan fingerprint density at radius 3 is 2.26 bits per heavy atom. The summed E-state index contributed by atoms with van der Waals surface area (Å²) in [5.74, 6) is 0.864. The summed E-state index contributed by atoms with van der Waals surface area (Å²) in [6.45, 7) is 5.10. The molecule has 39 heavy (non-hydrogen) atoms. The van der Waals surface area contributed by atoms with Gasteiger partial charge in [0, 0.05) is 10.0 Å². The van der Waals surface area contributed by atoms with Gasteiger partial charge in [0.2, 0.25) is 0 Å². The van der Waals surface area contributed by atoms with E-state index in [2.05, 4.69) is 6.92 Å². The minimum atomic E-state index is -0.208. The van der Waals surface area contributed by atoms with Gasteiger partial charge in [-0.3, -0.25) is 9.69 Å². The highest BCUT2D eigenvalue weighted by Crippen LogP contribution is 2.41. The highest BCUT2D eigenvalue weighted by Gasteiger charge is 2.35. The number of halogens is 3. The molecular weight excluding hydrogens is 575 g/mol. The Morgan fingerprint density at radius 2 is 1.59 bits per heavy atom. The number of unbranched alkanes of at least 4 members (excludes halogenated alkanes) is 3. The minimum absolute atomic E-state index is 0.208. The first kappa shape index (κ1) is 29.3. The highest BCUT2D eigenvalue weighted by molar-refractivity contribution is 8.19. The maximum atomic E-state index is 13.7. The molecule has 0 bridgehead atoms. The first-order chi connectivity index (χ1) is 18.9. The molecule has 0 saturated carbocycles. The summed E-state index contributed by atoms with van der Waals surface area (Å²) in [7, 11) is 0. The van der Waals surface area contributed by atoms with Crippen LogP contribution in [0.2, 0.25) is 15.1 Å². The lowest BCUT2D eigenvalue weighted by molar-refractivity contribution is -0.113. The van der Waals surface area contributed by atoms with Crippen molar-refractivity contribution in [2.45, 2.75) is 39.5 Å². The van der Waals surface area contributed by atoms with Crippen molar-refractivity contribution in [3.05, 3.63) is 86.2 Å². The van der Waals surface area contributed by atoms with E-state index in [1.807, 2.05) is 13.0 Å². The molecule has 1 saturated heterocycles. The van der Waals surface area contributed by atoms with Crippen LogP contribution in [0.15, 0.2) is 70.6 Å². The zero-order valence-corrected chi connectivity index (χ0v) is 24.8. The number of amidine groups is 1. The Labute approximate surface area is 248 Å². The SMILES string of the molecule is CCCCCCOc1c(Cl)cc(/C=C2/SC(=Nc3ccc(Cl)cc3)N(c3ccc(Cl)cc3)C2=O)cc1OCC. The van der Waals surface area contributed by atoms with E-state index in [4.69, 9.17) is 49.3 Å². The van der Waals surface area contributed by atoms with Gasteiger partial charge in [0.25, 0.3) is 5.91 Å². The number of rotatable bonds is 11. The molecule has 9 heteroatoms. The van der Waals surface area contributed by atoms with E-state index in [9.17, 15) is 4.79 Å². The standard InChI is InChI=1S/C30H29Cl3N2O3S/c1-3-5-6-7-16-38-28-25(33)17-20(18-26(28)37-4-2)19-27-29(36)35(24-14-10-22(32)11-15-24)30(39-27)34-23-12-8-21(31)9-13-23/h8-15,17-19H,3-7,16H2,1-2H3/b27-19+,34-30?. The lowest BCUT2D eigenvalue weighted by atomic mass is 10.1. The quantitative estimate of drug-likeness (QED) is 0.162. The number of benzene rings is 3. The summed E-state index contributed by atoms with van der Waals surface area (Å²) in [6.07, 6.45) is 6.17. The van der Waals surface area contributed by atoms with Gasteiger partial charge in [-0.25, -0.2) is 4.99 Å². The summed E-state index contributed by atoms with van der Waals surface area (Å²) in [5, 5.41) is 2.14. The largest absolute Gasteiger partial charge is 0.490 e. The molecular formula is C30H29Cl3N2O3S. The number of amides is 1. The molecule has 5 nitrogen and oxygen atoms in total. The number of nitrogens with zero attached hydrogens (tertiary/aromatic N) is 2. The fourth-order valence-electron chi connectivity index (χ4n) is 3.92. The second kappa shape index (κ2) is 14.1. The van der Waals surface area contributed by atoms with Crippen LogP contribution in [0.4, 0.5) is 11.4 Å². The van der Waals surface area contributed by atoms with E-state index in [1.165, 1.54) is 18.2 Å². The molecule has 3 aromatic rings. The van der Waals surface area contributed by atoms with Gasteiger partial charge in [0.05, 0.1) is 34.5 Å². The maximum Gasteiger partial charge on any atom is 0.271 e. The number of hydrogen-bond donors (Lipinski definition) is 0. The summed E-state index contributed by atoms with van der Waals surface area (Å²) in [6, 6.07) is 17.8. The van der Waals surface area contributed by atoms with Gasteiger partial charge in [0.1, 0.15) is 0 Å². The number of hydrogen-bond acceptors (Lipinski definition) is 5. The second-order valence-electron chi connectivity index (χ2n) is 8.77. The zero-order valence-electron chi connectivity index (χ0n) is 21.8. The second-order valence-corrected chi connectivity index (χ2v) is 11.1. The van der Waals surface area contributed by atoms with Crippen molar-refractivity contribution in [3.63, 3.8) is 0 Å². The zero-order chi connectivity index (χ0) is 27.8. The Bertz CT molecular complexity index is 1360. The molecule has 0 aromatic heterocycles. The maximum absolute atomic E-state index is 13.7. The fourth-order valence-corrected chi connectivity index (χ4v) is 5.45. The van der Waals surface area contributed by atoms with Gasteiger partial charge in [-0.2, -0.15) is 0 Å². The average Bonchev–Trinajstić information content (AvgIpc) is 3.21. The molecule has 1 heterocycles. The number of ether oxygens (including phenoxy) is 2. The van der Waals surface area contributed by atoms with E-state index in [0.717, 1.165) is 24.8 Å². The van der Waals surface area contributed by atoms with Crippen molar-refractivity contribution in [2.24, 2.45) is 4.99 Å². The van der Waals surface area contributed by atoms with E-state index in [1.54, 1.807) is 65.6 Å². The number of carbonyl (C=O) groups is 1. The molecule has 204 valence electrons. The molecule has 0 unspecified atom stereocenters. The van der Waals surface area contributed by atoms with Crippen molar-refractivity contribution < 1.29 is 14.3 Å². The number of carbonyl (C=O) groups excluding carboxylic acids is 1. The van der Waals surface area contributed by atoms with E-state index < -0.39 is 0 Å². The van der Waals surface area contributed by atoms with Gasteiger partial charge >= 0.3 is 0 Å². The van der Waals surface area contributed by atoms with Gasteiger partial charge in [-0.15, -0.1) is 0 Å². The van der Waals surface area contributed by atoms with Crippen LogP contribution in [0.3, 0.4) is 0 Å². The summed E-state index contributed by atoms with van der Waals surface area (Å²) in [5.41, 5.74) is 2.06. The first-order valence-electron chi connectivity index (χ1n) is 12.8. The van der Waals surface area contributed by atoms with E-state index >= 15 is 0 Å². The van der Waals surface area contributed by atoms with Crippen LogP contribution in [0.1, 0.15) is 45.1 Å². The van der Waals surface area contributed by atoms with Crippen LogP contribution in [-0.4, -0.2) is 24.3 Å². The Kier molecular flexibility index (Phi) is 10.6. The molecule has 0 aliphatic carbocycles. The Hall–Kier alpha value is -2.64. The molecule has 0 spiro atoms. The van der Waals surface area contributed by atoms with Crippen molar-refractivity contribution in [1.29, 1.82) is 0 Å². The van der Waals surface area contributed by atoms with Crippen molar-refractivity contribution in [2.75, 3.05) is 18.1 Å². The number of anilines is 1. The predicted molar refractivity (Wildman–Crippen MR) is 165 cm³/mol. The molecule has 1 aliphatic rings. The Morgan fingerprint density at radius 1 is 0.897 bits per heavy atom. The first-order valence-corrected chi connectivity index (χ1v) is 14.8. The highest BCUT2D eigenvalue weighted by atomic mass is 35.5.